The summed E-state index contributed by atoms with van der Waals surface area (Å²) in [5.74, 6) is 2.18. The van der Waals surface area contributed by atoms with Crippen molar-refractivity contribution in [3.8, 4) is 17.2 Å². The molecule has 2 rings (SSSR count). The van der Waals surface area contributed by atoms with Gasteiger partial charge in [0.2, 0.25) is 0 Å². The second-order valence-corrected chi connectivity index (χ2v) is 7.01. The number of phenolic OH excluding ortho intramolecular Hbond substituents is 1. The Hall–Kier alpha value is -2.69. The molecule has 9 heteroatoms. The van der Waals surface area contributed by atoms with Crippen molar-refractivity contribution in [2.45, 2.75) is 26.7 Å². The monoisotopic (exact) mass is 570 g/mol. The topological polar surface area (TPSA) is 104 Å². The van der Waals surface area contributed by atoms with Gasteiger partial charge < -0.3 is 30.5 Å². The first kappa shape index (κ1) is 28.3. The molecule has 0 aromatic heterocycles. The lowest BCUT2D eigenvalue weighted by molar-refractivity contribution is 0.0954. The third kappa shape index (κ3) is 10.2. The lowest BCUT2D eigenvalue weighted by atomic mass is 10.1. The summed E-state index contributed by atoms with van der Waals surface area (Å²) >= 11 is 0. The standard InChI is InChI=1S/C24H34N4O4.HI/c1-4-25-24(28-16-15-26-23(30)19-9-11-20(29)12-10-19)27-14-6-7-18-8-13-21(31-3)22(17-18)32-5-2;/h8-13,17,29H,4-7,14-16H2,1-3H3,(H,26,30)(H2,25,27,28);1H. The molecule has 33 heavy (non-hydrogen) atoms. The minimum absolute atomic E-state index is 0. The van der Waals surface area contributed by atoms with Crippen LogP contribution in [0.3, 0.4) is 0 Å². The van der Waals surface area contributed by atoms with Crippen LogP contribution in [0.1, 0.15) is 36.2 Å². The van der Waals surface area contributed by atoms with E-state index in [0.29, 0.717) is 31.8 Å². The molecule has 1 amide bonds. The molecule has 2 aromatic rings. The second-order valence-electron chi connectivity index (χ2n) is 7.01. The maximum Gasteiger partial charge on any atom is 0.251 e. The van der Waals surface area contributed by atoms with Crippen molar-refractivity contribution in [2.24, 2.45) is 4.99 Å². The molecule has 0 unspecified atom stereocenters. The van der Waals surface area contributed by atoms with Gasteiger partial charge in [-0.05, 0) is 68.7 Å². The number of guanidine groups is 1. The number of rotatable bonds is 12. The van der Waals surface area contributed by atoms with Gasteiger partial charge in [-0.1, -0.05) is 6.07 Å². The van der Waals surface area contributed by atoms with Gasteiger partial charge in [0, 0.05) is 31.7 Å². The number of ether oxygens (including phenoxy) is 2. The van der Waals surface area contributed by atoms with Crippen molar-refractivity contribution in [3.05, 3.63) is 53.6 Å². The number of carbonyl (C=O) groups excluding carboxylic acids is 1. The highest BCUT2D eigenvalue weighted by Crippen LogP contribution is 2.28. The smallest absolute Gasteiger partial charge is 0.251 e. The first-order valence-corrected chi connectivity index (χ1v) is 11.0. The molecule has 0 saturated carbocycles. The van der Waals surface area contributed by atoms with Gasteiger partial charge in [0.15, 0.2) is 17.5 Å². The van der Waals surface area contributed by atoms with Gasteiger partial charge in [-0.25, -0.2) is 0 Å². The Morgan fingerprint density at radius 1 is 1.00 bits per heavy atom. The summed E-state index contributed by atoms with van der Waals surface area (Å²) in [5, 5.41) is 18.6. The van der Waals surface area contributed by atoms with E-state index in [1.165, 1.54) is 17.7 Å². The quantitative estimate of drug-likeness (QED) is 0.135. The molecule has 0 saturated heterocycles. The average Bonchev–Trinajstić information content (AvgIpc) is 2.80. The lowest BCUT2D eigenvalue weighted by Gasteiger charge is -2.12. The van der Waals surface area contributed by atoms with Crippen molar-refractivity contribution >= 4 is 35.8 Å². The van der Waals surface area contributed by atoms with Gasteiger partial charge >= 0.3 is 0 Å². The predicted molar refractivity (Wildman–Crippen MR) is 142 cm³/mol. The number of carbonyl (C=O) groups is 1. The van der Waals surface area contributed by atoms with Crippen molar-refractivity contribution in [2.75, 3.05) is 39.9 Å². The molecule has 0 spiro atoms. The van der Waals surface area contributed by atoms with Gasteiger partial charge in [0.05, 0.1) is 13.7 Å². The fraction of sp³-hybridized carbons (Fsp3) is 0.417. The van der Waals surface area contributed by atoms with Crippen molar-refractivity contribution < 1.29 is 19.4 Å². The molecule has 8 nitrogen and oxygen atoms in total. The van der Waals surface area contributed by atoms with Crippen molar-refractivity contribution in [3.63, 3.8) is 0 Å². The van der Waals surface area contributed by atoms with Crippen LogP contribution in [-0.4, -0.2) is 56.9 Å². The minimum Gasteiger partial charge on any atom is -0.508 e. The molecular formula is C24H35IN4O4. The molecule has 0 radical (unpaired) electrons. The van der Waals surface area contributed by atoms with Crippen LogP contribution in [-0.2, 0) is 6.42 Å². The number of amides is 1. The number of phenols is 1. The number of halogens is 1. The Balaban J connectivity index is 0.00000544. The van der Waals surface area contributed by atoms with Gasteiger partial charge in [-0.3, -0.25) is 9.79 Å². The van der Waals surface area contributed by atoms with Crippen molar-refractivity contribution in [1.29, 1.82) is 0 Å². The number of aromatic hydroxyl groups is 1. The van der Waals surface area contributed by atoms with Crippen LogP contribution in [0.15, 0.2) is 47.5 Å². The molecule has 0 aliphatic carbocycles. The van der Waals surface area contributed by atoms with E-state index >= 15 is 0 Å². The zero-order chi connectivity index (χ0) is 23.2. The van der Waals surface area contributed by atoms with Crippen LogP contribution in [0.5, 0.6) is 17.2 Å². The molecule has 4 N–H and O–H groups in total. The molecule has 2 aromatic carbocycles. The Morgan fingerprint density at radius 2 is 1.73 bits per heavy atom. The van der Waals surface area contributed by atoms with Gasteiger partial charge in [0.25, 0.3) is 5.91 Å². The van der Waals surface area contributed by atoms with E-state index in [-0.39, 0.29) is 35.6 Å². The van der Waals surface area contributed by atoms with Crippen LogP contribution in [0.2, 0.25) is 0 Å². The second kappa shape index (κ2) is 16.0. The van der Waals surface area contributed by atoms with Crippen LogP contribution >= 0.6 is 24.0 Å². The van der Waals surface area contributed by atoms with Gasteiger partial charge in [0.1, 0.15) is 5.75 Å². The zero-order valence-corrected chi connectivity index (χ0v) is 21.8. The molecule has 0 heterocycles. The Morgan fingerprint density at radius 3 is 2.39 bits per heavy atom. The summed E-state index contributed by atoms with van der Waals surface area (Å²) in [6.07, 6.45) is 1.78. The third-order valence-electron chi connectivity index (χ3n) is 4.60. The van der Waals surface area contributed by atoms with E-state index in [9.17, 15) is 9.90 Å². The number of nitrogens with one attached hydrogen (secondary N) is 3. The number of aliphatic imine (C=N–C) groups is 1. The Bertz CT molecular complexity index is 875. The number of nitrogens with zero attached hydrogens (tertiary/aromatic N) is 1. The molecule has 0 aliphatic rings. The molecule has 182 valence electrons. The van der Waals surface area contributed by atoms with Crippen LogP contribution < -0.4 is 25.4 Å². The minimum atomic E-state index is -0.181. The highest BCUT2D eigenvalue weighted by molar-refractivity contribution is 14.0. The fourth-order valence-electron chi connectivity index (χ4n) is 3.03. The first-order valence-electron chi connectivity index (χ1n) is 11.0. The fourth-order valence-corrected chi connectivity index (χ4v) is 3.03. The SMILES string of the molecule is CCNC(=NCCCc1ccc(OC)c(OCC)c1)NCCNC(=O)c1ccc(O)cc1.I. The Kier molecular flexibility index (Phi) is 13.7. The highest BCUT2D eigenvalue weighted by Gasteiger charge is 2.06. The van der Waals surface area contributed by atoms with E-state index in [0.717, 1.165) is 36.8 Å². The lowest BCUT2D eigenvalue weighted by Crippen LogP contribution is -2.41. The van der Waals surface area contributed by atoms with E-state index in [1.54, 1.807) is 19.2 Å². The zero-order valence-electron chi connectivity index (χ0n) is 19.5. The summed E-state index contributed by atoms with van der Waals surface area (Å²) in [6.45, 7) is 6.98. The van der Waals surface area contributed by atoms with Crippen LogP contribution in [0, 0.1) is 0 Å². The van der Waals surface area contributed by atoms with E-state index in [2.05, 4.69) is 20.9 Å². The summed E-state index contributed by atoms with van der Waals surface area (Å²) in [5.41, 5.74) is 1.69. The largest absolute Gasteiger partial charge is 0.508 e. The van der Waals surface area contributed by atoms with E-state index < -0.39 is 0 Å². The number of hydrogen-bond donors (Lipinski definition) is 4. The molecular weight excluding hydrogens is 535 g/mol. The Labute approximate surface area is 213 Å². The van der Waals surface area contributed by atoms with Crippen molar-refractivity contribution in [1.82, 2.24) is 16.0 Å². The molecule has 0 aliphatic heterocycles. The van der Waals surface area contributed by atoms with Crippen LogP contribution in [0.4, 0.5) is 0 Å². The maximum absolute atomic E-state index is 12.1. The summed E-state index contributed by atoms with van der Waals surface area (Å²) in [6, 6.07) is 12.2. The third-order valence-corrected chi connectivity index (χ3v) is 4.60. The number of aryl methyl sites for hydroxylation is 1. The summed E-state index contributed by atoms with van der Waals surface area (Å²) < 4.78 is 11.0. The van der Waals surface area contributed by atoms with Gasteiger partial charge in [-0.15, -0.1) is 24.0 Å². The number of benzene rings is 2. The first-order chi connectivity index (χ1) is 15.6. The predicted octanol–water partition coefficient (Wildman–Crippen LogP) is 3.34. The summed E-state index contributed by atoms with van der Waals surface area (Å²) in [7, 11) is 1.64. The highest BCUT2D eigenvalue weighted by atomic mass is 127. The van der Waals surface area contributed by atoms with Gasteiger partial charge in [-0.2, -0.15) is 0 Å². The number of hydrogen-bond acceptors (Lipinski definition) is 5. The average molecular weight is 570 g/mol. The number of methoxy groups -OCH3 is 1. The normalized spacial score (nSPS) is 10.7. The summed E-state index contributed by atoms with van der Waals surface area (Å²) in [4.78, 5) is 16.7. The molecule has 0 fully saturated rings. The molecule has 0 bridgehead atoms. The van der Waals surface area contributed by atoms with E-state index in [4.69, 9.17) is 9.47 Å². The van der Waals surface area contributed by atoms with Crippen LogP contribution in [0.25, 0.3) is 0 Å². The van der Waals surface area contributed by atoms with E-state index in [1.807, 2.05) is 32.0 Å². The molecule has 0 atom stereocenters. The maximum atomic E-state index is 12.1.